The van der Waals surface area contributed by atoms with E-state index < -0.39 is 6.17 Å². The zero-order chi connectivity index (χ0) is 4.57. The van der Waals surface area contributed by atoms with E-state index in [1.165, 1.54) is 0 Å². The summed E-state index contributed by atoms with van der Waals surface area (Å²) >= 11 is 0. The van der Waals surface area contributed by atoms with Gasteiger partial charge in [0.1, 0.15) is 6.17 Å². The average molecular weight is 126 g/mol. The van der Waals surface area contributed by atoms with Gasteiger partial charge in [0.15, 0.2) is 0 Å². The summed E-state index contributed by atoms with van der Waals surface area (Å²) in [4.78, 5) is 0. The SMILES string of the molecule is Cl.N[C@@H]1CC[C@H]1F. The van der Waals surface area contributed by atoms with Gasteiger partial charge in [-0.1, -0.05) is 0 Å². The van der Waals surface area contributed by atoms with Gasteiger partial charge in [0.2, 0.25) is 0 Å². The summed E-state index contributed by atoms with van der Waals surface area (Å²) in [6.07, 6.45) is 0.868. The summed E-state index contributed by atoms with van der Waals surface area (Å²) < 4.78 is 11.8. The zero-order valence-electron chi connectivity index (χ0n) is 3.93. The third-order valence-corrected chi connectivity index (χ3v) is 1.24. The third-order valence-electron chi connectivity index (χ3n) is 1.24. The van der Waals surface area contributed by atoms with Gasteiger partial charge in [-0.2, -0.15) is 0 Å². The van der Waals surface area contributed by atoms with E-state index in [2.05, 4.69) is 0 Å². The van der Waals surface area contributed by atoms with Gasteiger partial charge in [0, 0.05) is 6.04 Å². The molecule has 0 radical (unpaired) electrons. The zero-order valence-corrected chi connectivity index (χ0v) is 4.75. The van der Waals surface area contributed by atoms with Crippen molar-refractivity contribution < 1.29 is 4.39 Å². The highest BCUT2D eigenvalue weighted by molar-refractivity contribution is 5.85. The van der Waals surface area contributed by atoms with Crippen LogP contribution in [0, 0.1) is 0 Å². The van der Waals surface area contributed by atoms with E-state index in [4.69, 9.17) is 5.73 Å². The average Bonchev–Trinajstić information content (AvgIpc) is 1.61. The van der Waals surface area contributed by atoms with Crippen molar-refractivity contribution in [3.63, 3.8) is 0 Å². The van der Waals surface area contributed by atoms with Crippen molar-refractivity contribution in [2.45, 2.75) is 25.1 Å². The molecule has 1 aliphatic carbocycles. The Hall–Kier alpha value is 0.180. The Morgan fingerprint density at radius 1 is 1.43 bits per heavy atom. The first-order chi connectivity index (χ1) is 2.80. The molecule has 7 heavy (non-hydrogen) atoms. The first-order valence-corrected chi connectivity index (χ1v) is 2.20. The van der Waals surface area contributed by atoms with Gasteiger partial charge in [-0.25, -0.2) is 4.39 Å². The van der Waals surface area contributed by atoms with E-state index >= 15 is 0 Å². The summed E-state index contributed by atoms with van der Waals surface area (Å²) in [5, 5.41) is 0. The Labute approximate surface area is 48.5 Å². The van der Waals surface area contributed by atoms with Gasteiger partial charge in [0.25, 0.3) is 0 Å². The lowest BCUT2D eigenvalue weighted by atomic mass is 9.92. The molecule has 2 N–H and O–H groups in total. The van der Waals surface area contributed by atoms with Crippen LogP contribution in [0.2, 0.25) is 0 Å². The first-order valence-electron chi connectivity index (χ1n) is 2.20. The van der Waals surface area contributed by atoms with E-state index in [0.717, 1.165) is 6.42 Å². The van der Waals surface area contributed by atoms with E-state index in [9.17, 15) is 4.39 Å². The maximum absolute atomic E-state index is 11.8. The van der Waals surface area contributed by atoms with Crippen LogP contribution in [0.25, 0.3) is 0 Å². The minimum absolute atomic E-state index is 0. The van der Waals surface area contributed by atoms with Crippen molar-refractivity contribution in [2.24, 2.45) is 5.73 Å². The molecule has 0 unspecified atom stereocenters. The van der Waals surface area contributed by atoms with Crippen molar-refractivity contribution in [2.75, 3.05) is 0 Å². The summed E-state index contributed by atoms with van der Waals surface area (Å²) in [6, 6.07) is -0.134. The predicted molar refractivity (Wildman–Crippen MR) is 29.4 cm³/mol. The Morgan fingerprint density at radius 3 is 1.86 bits per heavy atom. The summed E-state index contributed by atoms with van der Waals surface area (Å²) in [5.74, 6) is 0. The highest BCUT2D eigenvalue weighted by atomic mass is 35.5. The van der Waals surface area contributed by atoms with E-state index in [1.807, 2.05) is 0 Å². The number of halogens is 2. The van der Waals surface area contributed by atoms with Crippen molar-refractivity contribution >= 4 is 12.4 Å². The largest absolute Gasteiger partial charge is 0.325 e. The van der Waals surface area contributed by atoms with Crippen LogP contribution in [0.5, 0.6) is 0 Å². The Balaban J connectivity index is 0.000000360. The van der Waals surface area contributed by atoms with Crippen molar-refractivity contribution in [1.82, 2.24) is 0 Å². The minimum atomic E-state index is -0.690. The second kappa shape index (κ2) is 2.48. The fourth-order valence-corrected chi connectivity index (χ4v) is 0.485. The molecule has 0 bridgehead atoms. The summed E-state index contributed by atoms with van der Waals surface area (Å²) in [7, 11) is 0. The van der Waals surface area contributed by atoms with Crippen molar-refractivity contribution in [3.05, 3.63) is 0 Å². The van der Waals surface area contributed by atoms with Gasteiger partial charge in [0.05, 0.1) is 0 Å². The fraction of sp³-hybridized carbons (Fsp3) is 1.00. The summed E-state index contributed by atoms with van der Waals surface area (Å²) in [6.45, 7) is 0. The molecular weight excluding hydrogens is 117 g/mol. The van der Waals surface area contributed by atoms with Crippen LogP contribution in [-0.4, -0.2) is 12.2 Å². The highest BCUT2D eigenvalue weighted by Gasteiger charge is 2.25. The van der Waals surface area contributed by atoms with Crippen LogP contribution in [0.4, 0.5) is 4.39 Å². The van der Waals surface area contributed by atoms with E-state index in [0.29, 0.717) is 6.42 Å². The maximum Gasteiger partial charge on any atom is 0.115 e. The van der Waals surface area contributed by atoms with E-state index in [1.54, 1.807) is 0 Å². The molecule has 0 aliphatic heterocycles. The topological polar surface area (TPSA) is 26.0 Å². The van der Waals surface area contributed by atoms with Crippen LogP contribution in [0.3, 0.4) is 0 Å². The van der Waals surface area contributed by atoms with Crippen LogP contribution < -0.4 is 5.73 Å². The fourth-order valence-electron chi connectivity index (χ4n) is 0.485. The van der Waals surface area contributed by atoms with Gasteiger partial charge in [-0.05, 0) is 12.8 Å². The Kier molecular flexibility index (Phi) is 2.54. The lowest BCUT2D eigenvalue weighted by Gasteiger charge is -2.25. The molecule has 0 aromatic rings. The molecule has 1 fully saturated rings. The van der Waals surface area contributed by atoms with E-state index in [-0.39, 0.29) is 18.4 Å². The molecule has 44 valence electrons. The Morgan fingerprint density at radius 2 is 1.86 bits per heavy atom. The van der Waals surface area contributed by atoms with Gasteiger partial charge in [-0.3, -0.25) is 0 Å². The van der Waals surface area contributed by atoms with Crippen molar-refractivity contribution in [3.8, 4) is 0 Å². The minimum Gasteiger partial charge on any atom is -0.325 e. The molecule has 0 aromatic carbocycles. The smallest absolute Gasteiger partial charge is 0.115 e. The molecule has 1 saturated carbocycles. The van der Waals surface area contributed by atoms with Gasteiger partial charge < -0.3 is 5.73 Å². The van der Waals surface area contributed by atoms with Crippen LogP contribution in [0.15, 0.2) is 0 Å². The predicted octanol–water partition coefficient (Wildman–Crippen LogP) is 0.867. The maximum atomic E-state index is 11.8. The lowest BCUT2D eigenvalue weighted by Crippen LogP contribution is -2.40. The molecule has 0 aromatic heterocycles. The second-order valence-corrected chi connectivity index (χ2v) is 1.76. The molecular formula is C4H9ClFN. The molecule has 1 aliphatic rings. The standard InChI is InChI=1S/C4H8FN.ClH/c5-3-1-2-4(3)6;/h3-4H,1-2,6H2;1H/t3-,4-;/m1./s1. The number of rotatable bonds is 0. The normalized spacial score (nSPS) is 38.6. The molecule has 0 amide bonds. The number of hydrogen-bond donors (Lipinski definition) is 1. The second-order valence-electron chi connectivity index (χ2n) is 1.76. The van der Waals surface area contributed by atoms with Crippen molar-refractivity contribution in [1.29, 1.82) is 0 Å². The number of alkyl halides is 1. The van der Waals surface area contributed by atoms with Crippen LogP contribution >= 0.6 is 12.4 Å². The van der Waals surface area contributed by atoms with Crippen LogP contribution in [0.1, 0.15) is 12.8 Å². The van der Waals surface area contributed by atoms with Gasteiger partial charge in [-0.15, -0.1) is 12.4 Å². The highest BCUT2D eigenvalue weighted by Crippen LogP contribution is 2.19. The third kappa shape index (κ3) is 1.28. The molecule has 0 heterocycles. The van der Waals surface area contributed by atoms with Crippen LogP contribution in [-0.2, 0) is 0 Å². The molecule has 3 heteroatoms. The molecule has 1 rings (SSSR count). The van der Waals surface area contributed by atoms with Gasteiger partial charge >= 0.3 is 0 Å². The molecule has 0 saturated heterocycles. The monoisotopic (exact) mass is 125 g/mol. The summed E-state index contributed by atoms with van der Waals surface area (Å²) in [5.41, 5.74) is 5.15. The molecule has 0 spiro atoms. The Bertz CT molecular complexity index is 51.7. The first kappa shape index (κ1) is 7.18. The molecule has 1 nitrogen and oxygen atoms in total. The number of hydrogen-bond acceptors (Lipinski definition) is 1. The quantitative estimate of drug-likeness (QED) is 0.511. The molecule has 2 atom stereocenters. The number of nitrogens with two attached hydrogens (primary N) is 1. The lowest BCUT2D eigenvalue weighted by molar-refractivity contribution is 0.173.